The first kappa shape index (κ1) is 15.2. The molecule has 3 N–H and O–H groups in total. The fourth-order valence-electron chi connectivity index (χ4n) is 1.87. The Bertz CT molecular complexity index is 521. The second-order valence-corrected chi connectivity index (χ2v) is 8.73. The first-order valence-electron chi connectivity index (χ1n) is 6.07. The minimum Gasteiger partial charge on any atom is -0.352 e. The maximum atomic E-state index is 12.2. The van der Waals surface area contributed by atoms with Crippen LogP contribution in [0.3, 0.4) is 0 Å². The maximum absolute atomic E-state index is 12.2. The lowest BCUT2D eigenvalue weighted by Crippen LogP contribution is -2.33. The second kappa shape index (κ2) is 6.53. The van der Waals surface area contributed by atoms with E-state index in [1.165, 1.54) is 0 Å². The van der Waals surface area contributed by atoms with E-state index >= 15 is 0 Å². The van der Waals surface area contributed by atoms with Crippen LogP contribution in [-0.4, -0.2) is 42.0 Å². The summed E-state index contributed by atoms with van der Waals surface area (Å²) in [6.45, 7) is 0.827. The molecule has 19 heavy (non-hydrogen) atoms. The SMILES string of the molecule is Cn1cc(S(=O)(=O)NCC2CSCCS2)cc1CN. The van der Waals surface area contributed by atoms with E-state index < -0.39 is 10.0 Å². The Kier molecular flexibility index (Phi) is 5.24. The molecule has 0 bridgehead atoms. The van der Waals surface area contributed by atoms with Gasteiger partial charge >= 0.3 is 0 Å². The van der Waals surface area contributed by atoms with E-state index in [1.807, 2.05) is 23.5 Å². The Hall–Kier alpha value is -0.150. The largest absolute Gasteiger partial charge is 0.352 e. The van der Waals surface area contributed by atoms with Crippen LogP contribution < -0.4 is 10.5 Å². The molecule has 0 spiro atoms. The topological polar surface area (TPSA) is 77.1 Å². The van der Waals surface area contributed by atoms with Crippen molar-refractivity contribution < 1.29 is 8.42 Å². The molecule has 0 radical (unpaired) electrons. The van der Waals surface area contributed by atoms with E-state index in [0.29, 0.717) is 23.2 Å². The third-order valence-corrected chi connectivity index (χ3v) is 7.22. The molecule has 0 aromatic carbocycles. The number of sulfonamides is 1. The molecule has 1 aromatic heterocycles. The highest BCUT2D eigenvalue weighted by molar-refractivity contribution is 8.06. The van der Waals surface area contributed by atoms with Crippen LogP contribution in [-0.2, 0) is 23.6 Å². The number of nitrogens with zero attached hydrogens (tertiary/aromatic N) is 1. The number of aromatic nitrogens is 1. The zero-order valence-electron chi connectivity index (χ0n) is 10.8. The van der Waals surface area contributed by atoms with Crippen LogP contribution in [0.2, 0.25) is 0 Å². The van der Waals surface area contributed by atoms with Gasteiger partial charge in [-0.25, -0.2) is 13.1 Å². The summed E-state index contributed by atoms with van der Waals surface area (Å²) in [5, 5.41) is 0.367. The molecule has 2 heterocycles. The minimum absolute atomic E-state index is 0.295. The van der Waals surface area contributed by atoms with Crippen LogP contribution in [0.25, 0.3) is 0 Å². The second-order valence-electron chi connectivity index (χ2n) is 4.40. The Balaban J connectivity index is 2.00. The minimum atomic E-state index is -3.42. The molecule has 0 saturated carbocycles. The van der Waals surface area contributed by atoms with Crippen molar-refractivity contribution in [1.82, 2.24) is 9.29 Å². The third-order valence-electron chi connectivity index (χ3n) is 2.99. The third kappa shape index (κ3) is 3.91. The predicted octanol–water partition coefficient (Wildman–Crippen LogP) is 0.611. The summed E-state index contributed by atoms with van der Waals surface area (Å²) < 4.78 is 28.8. The summed E-state index contributed by atoms with van der Waals surface area (Å²) in [5.41, 5.74) is 6.36. The number of hydrogen-bond acceptors (Lipinski definition) is 5. The molecule has 1 fully saturated rings. The summed E-state index contributed by atoms with van der Waals surface area (Å²) in [7, 11) is -1.62. The summed E-state index contributed by atoms with van der Waals surface area (Å²) in [4.78, 5) is 0.295. The Morgan fingerprint density at radius 1 is 1.53 bits per heavy atom. The Morgan fingerprint density at radius 3 is 2.89 bits per heavy atom. The summed E-state index contributed by atoms with van der Waals surface area (Å²) in [6.07, 6.45) is 1.60. The highest BCUT2D eigenvalue weighted by Gasteiger charge is 2.20. The van der Waals surface area contributed by atoms with E-state index in [4.69, 9.17) is 5.73 Å². The average Bonchev–Trinajstić information content (AvgIpc) is 2.80. The lowest BCUT2D eigenvalue weighted by molar-refractivity contribution is 0.581. The molecular weight excluding hydrogens is 302 g/mol. The van der Waals surface area contributed by atoms with Crippen molar-refractivity contribution >= 4 is 33.5 Å². The van der Waals surface area contributed by atoms with Crippen molar-refractivity contribution in [3.63, 3.8) is 0 Å². The van der Waals surface area contributed by atoms with Gasteiger partial charge in [0.25, 0.3) is 0 Å². The first-order valence-corrected chi connectivity index (χ1v) is 9.76. The standard InChI is InChI=1S/C11H19N3O2S3/c1-14-7-11(4-9(14)5-12)19(15,16)13-6-10-8-17-2-3-18-10/h4,7,10,13H,2-3,5-6,8,12H2,1H3. The fraction of sp³-hybridized carbons (Fsp3) is 0.636. The molecule has 1 aliphatic heterocycles. The monoisotopic (exact) mass is 321 g/mol. The van der Waals surface area contributed by atoms with Crippen LogP contribution in [0.4, 0.5) is 0 Å². The van der Waals surface area contributed by atoms with Crippen LogP contribution >= 0.6 is 23.5 Å². The summed E-state index contributed by atoms with van der Waals surface area (Å²) in [5.74, 6) is 3.27. The van der Waals surface area contributed by atoms with Crippen molar-refractivity contribution in [2.24, 2.45) is 12.8 Å². The van der Waals surface area contributed by atoms with E-state index in [9.17, 15) is 8.42 Å². The van der Waals surface area contributed by atoms with Crippen molar-refractivity contribution in [2.45, 2.75) is 16.7 Å². The van der Waals surface area contributed by atoms with E-state index in [1.54, 1.807) is 23.9 Å². The Labute approximate surface area is 122 Å². The van der Waals surface area contributed by atoms with Gasteiger partial charge in [-0.05, 0) is 6.07 Å². The predicted molar refractivity (Wildman–Crippen MR) is 82.1 cm³/mol. The van der Waals surface area contributed by atoms with E-state index in [-0.39, 0.29) is 0 Å². The molecule has 1 atom stereocenters. The van der Waals surface area contributed by atoms with Crippen LogP contribution in [0, 0.1) is 0 Å². The summed E-state index contributed by atoms with van der Waals surface area (Å²) in [6, 6.07) is 1.63. The van der Waals surface area contributed by atoms with Gasteiger partial charge in [0.2, 0.25) is 10.0 Å². The van der Waals surface area contributed by atoms with Gasteiger partial charge in [-0.15, -0.1) is 0 Å². The quantitative estimate of drug-likeness (QED) is 0.831. The number of hydrogen-bond donors (Lipinski definition) is 2. The Morgan fingerprint density at radius 2 is 2.32 bits per heavy atom. The number of rotatable bonds is 5. The lowest BCUT2D eigenvalue weighted by Gasteiger charge is -2.20. The molecule has 2 rings (SSSR count). The highest BCUT2D eigenvalue weighted by atomic mass is 32.2. The highest BCUT2D eigenvalue weighted by Crippen LogP contribution is 2.23. The zero-order chi connectivity index (χ0) is 13.9. The summed E-state index contributed by atoms with van der Waals surface area (Å²) >= 11 is 3.72. The van der Waals surface area contributed by atoms with Crippen LogP contribution in [0.5, 0.6) is 0 Å². The van der Waals surface area contributed by atoms with Gasteiger partial charge in [0, 0.05) is 54.5 Å². The maximum Gasteiger partial charge on any atom is 0.242 e. The molecule has 1 aliphatic rings. The lowest BCUT2D eigenvalue weighted by atomic mass is 10.4. The molecule has 5 nitrogen and oxygen atoms in total. The van der Waals surface area contributed by atoms with Crippen molar-refractivity contribution in [2.75, 3.05) is 23.8 Å². The number of nitrogens with one attached hydrogen (secondary N) is 1. The van der Waals surface area contributed by atoms with Gasteiger partial charge in [-0.3, -0.25) is 0 Å². The van der Waals surface area contributed by atoms with E-state index in [2.05, 4.69) is 4.72 Å². The first-order chi connectivity index (χ1) is 9.03. The normalized spacial score (nSPS) is 20.6. The fourth-order valence-corrected chi connectivity index (χ4v) is 5.76. The number of aryl methyl sites for hydroxylation is 1. The molecule has 8 heteroatoms. The molecular formula is C11H19N3O2S3. The molecule has 0 amide bonds. The van der Waals surface area contributed by atoms with Gasteiger partial charge in [0.15, 0.2) is 0 Å². The molecule has 1 aromatic rings. The number of thioether (sulfide) groups is 2. The van der Waals surface area contributed by atoms with Gasteiger partial charge in [-0.1, -0.05) is 0 Å². The molecule has 1 saturated heterocycles. The van der Waals surface area contributed by atoms with Crippen molar-refractivity contribution in [3.8, 4) is 0 Å². The molecule has 108 valence electrons. The average molecular weight is 321 g/mol. The van der Waals surface area contributed by atoms with Gasteiger partial charge < -0.3 is 10.3 Å². The number of nitrogens with two attached hydrogens (primary N) is 1. The van der Waals surface area contributed by atoms with Gasteiger partial charge in [0.05, 0.1) is 4.90 Å². The zero-order valence-corrected chi connectivity index (χ0v) is 13.3. The molecule has 1 unspecified atom stereocenters. The van der Waals surface area contributed by atoms with Gasteiger partial charge in [0.1, 0.15) is 0 Å². The van der Waals surface area contributed by atoms with Crippen LogP contribution in [0.15, 0.2) is 17.2 Å². The van der Waals surface area contributed by atoms with Crippen molar-refractivity contribution in [3.05, 3.63) is 18.0 Å². The smallest absolute Gasteiger partial charge is 0.242 e. The van der Waals surface area contributed by atoms with Gasteiger partial charge in [-0.2, -0.15) is 23.5 Å². The van der Waals surface area contributed by atoms with Crippen LogP contribution in [0.1, 0.15) is 5.69 Å². The van der Waals surface area contributed by atoms with Crippen molar-refractivity contribution in [1.29, 1.82) is 0 Å². The van der Waals surface area contributed by atoms with E-state index in [0.717, 1.165) is 23.0 Å². The molecule has 0 aliphatic carbocycles.